The van der Waals surface area contributed by atoms with E-state index in [1.165, 1.54) is 5.56 Å². The van der Waals surface area contributed by atoms with Crippen LogP contribution in [0.25, 0.3) is 0 Å². The maximum absolute atomic E-state index is 12.4. The first-order valence-corrected chi connectivity index (χ1v) is 11.8. The van der Waals surface area contributed by atoms with Crippen molar-refractivity contribution in [3.63, 3.8) is 0 Å². The number of rotatable bonds is 10. The molecule has 0 fully saturated rings. The molecule has 0 aliphatic carbocycles. The first-order valence-electron chi connectivity index (χ1n) is 11.8. The quantitative estimate of drug-likeness (QED) is 0.264. The fourth-order valence-electron chi connectivity index (χ4n) is 3.64. The summed E-state index contributed by atoms with van der Waals surface area (Å²) >= 11 is 0. The normalized spacial score (nSPS) is 10.4. The molecule has 0 spiro atoms. The van der Waals surface area contributed by atoms with Gasteiger partial charge in [-0.15, -0.1) is 0 Å². The number of carbonyl (C=O) groups is 2. The molecule has 0 bridgehead atoms. The molecule has 0 atom stereocenters. The molecule has 0 aliphatic heterocycles. The fourth-order valence-corrected chi connectivity index (χ4v) is 3.64. The van der Waals surface area contributed by atoms with E-state index in [2.05, 4.69) is 28.1 Å². The molecule has 0 aromatic heterocycles. The minimum absolute atomic E-state index is 0.105. The lowest BCUT2D eigenvalue weighted by atomic mass is 10.1. The standard InChI is InChI=1S/C30H29N3O3/c1-22-7-5-10-24(19-22)30(35)33-26-15-13-25(14-16-26)31-21-29(34)32-27-11-6-12-28(20-27)36-18-17-23-8-3-2-4-9-23/h2-16,19-20,31H,17-18,21H2,1H3,(H,32,34)(H,33,35). The zero-order valence-corrected chi connectivity index (χ0v) is 20.2. The molecule has 3 N–H and O–H groups in total. The molecule has 36 heavy (non-hydrogen) atoms. The number of hydrogen-bond donors (Lipinski definition) is 3. The van der Waals surface area contributed by atoms with E-state index in [9.17, 15) is 9.59 Å². The second kappa shape index (κ2) is 12.2. The zero-order valence-electron chi connectivity index (χ0n) is 20.2. The summed E-state index contributed by atoms with van der Waals surface area (Å²) < 4.78 is 5.84. The highest BCUT2D eigenvalue weighted by atomic mass is 16.5. The second-order valence-electron chi connectivity index (χ2n) is 8.41. The average Bonchev–Trinajstić information content (AvgIpc) is 2.89. The third-order valence-electron chi connectivity index (χ3n) is 5.50. The number of ether oxygens (including phenoxy) is 1. The molecular formula is C30H29N3O3. The lowest BCUT2D eigenvalue weighted by molar-refractivity contribution is -0.114. The Kier molecular flexibility index (Phi) is 8.33. The van der Waals surface area contributed by atoms with Gasteiger partial charge in [0.25, 0.3) is 5.91 Å². The van der Waals surface area contributed by atoms with E-state index in [4.69, 9.17) is 4.74 Å². The van der Waals surface area contributed by atoms with Crippen molar-refractivity contribution in [2.24, 2.45) is 0 Å². The highest BCUT2D eigenvalue weighted by Gasteiger charge is 2.07. The molecule has 0 aliphatic rings. The molecule has 0 heterocycles. The van der Waals surface area contributed by atoms with Crippen LogP contribution in [0.4, 0.5) is 17.1 Å². The Morgan fingerprint density at radius 1 is 0.722 bits per heavy atom. The number of benzene rings is 4. The number of nitrogens with one attached hydrogen (secondary N) is 3. The van der Waals surface area contributed by atoms with E-state index >= 15 is 0 Å². The molecule has 0 radical (unpaired) electrons. The molecule has 0 saturated carbocycles. The third-order valence-corrected chi connectivity index (χ3v) is 5.50. The monoisotopic (exact) mass is 479 g/mol. The van der Waals surface area contributed by atoms with Gasteiger partial charge in [-0.3, -0.25) is 9.59 Å². The van der Waals surface area contributed by atoms with Crippen molar-refractivity contribution >= 4 is 28.9 Å². The van der Waals surface area contributed by atoms with Crippen LogP contribution in [0.3, 0.4) is 0 Å². The van der Waals surface area contributed by atoms with Gasteiger partial charge < -0.3 is 20.7 Å². The minimum Gasteiger partial charge on any atom is -0.493 e. The highest BCUT2D eigenvalue weighted by Crippen LogP contribution is 2.18. The molecule has 2 amide bonds. The number of amides is 2. The minimum atomic E-state index is -0.173. The average molecular weight is 480 g/mol. The molecular weight excluding hydrogens is 450 g/mol. The van der Waals surface area contributed by atoms with Crippen LogP contribution in [0.15, 0.2) is 103 Å². The predicted molar refractivity (Wildman–Crippen MR) is 145 cm³/mol. The van der Waals surface area contributed by atoms with Crippen molar-refractivity contribution in [3.8, 4) is 5.75 Å². The van der Waals surface area contributed by atoms with Gasteiger partial charge in [0.2, 0.25) is 5.91 Å². The smallest absolute Gasteiger partial charge is 0.255 e. The molecule has 182 valence electrons. The largest absolute Gasteiger partial charge is 0.493 e. The van der Waals surface area contributed by atoms with Crippen LogP contribution in [0.1, 0.15) is 21.5 Å². The maximum atomic E-state index is 12.4. The summed E-state index contributed by atoms with van der Waals surface area (Å²) in [7, 11) is 0. The van der Waals surface area contributed by atoms with Gasteiger partial charge in [0.1, 0.15) is 5.75 Å². The summed E-state index contributed by atoms with van der Waals surface area (Å²) in [5.41, 5.74) is 4.99. The van der Waals surface area contributed by atoms with Gasteiger partial charge in [0.15, 0.2) is 0 Å². The van der Waals surface area contributed by atoms with Crippen LogP contribution in [-0.4, -0.2) is 25.0 Å². The zero-order chi connectivity index (χ0) is 25.2. The van der Waals surface area contributed by atoms with Gasteiger partial charge >= 0.3 is 0 Å². The molecule has 4 aromatic carbocycles. The number of aryl methyl sites for hydroxylation is 1. The molecule has 6 nitrogen and oxygen atoms in total. The van der Waals surface area contributed by atoms with Gasteiger partial charge in [-0.05, 0) is 61.0 Å². The summed E-state index contributed by atoms with van der Waals surface area (Å²) in [5, 5.41) is 8.86. The third kappa shape index (κ3) is 7.46. The lowest BCUT2D eigenvalue weighted by Crippen LogP contribution is -2.21. The maximum Gasteiger partial charge on any atom is 0.255 e. The van der Waals surface area contributed by atoms with Gasteiger partial charge in [-0.1, -0.05) is 54.1 Å². The Hall–Kier alpha value is -4.58. The van der Waals surface area contributed by atoms with E-state index in [1.807, 2.05) is 79.7 Å². The van der Waals surface area contributed by atoms with Crippen LogP contribution < -0.4 is 20.7 Å². The van der Waals surface area contributed by atoms with Gasteiger partial charge in [-0.25, -0.2) is 0 Å². The lowest BCUT2D eigenvalue weighted by Gasteiger charge is -2.11. The summed E-state index contributed by atoms with van der Waals surface area (Å²) in [6, 6.07) is 32.2. The van der Waals surface area contributed by atoms with Crippen molar-refractivity contribution in [2.45, 2.75) is 13.3 Å². The van der Waals surface area contributed by atoms with Gasteiger partial charge in [-0.2, -0.15) is 0 Å². The molecule has 4 aromatic rings. The predicted octanol–water partition coefficient (Wildman–Crippen LogP) is 5.92. The fraction of sp³-hybridized carbons (Fsp3) is 0.133. The number of carbonyl (C=O) groups excluding carboxylic acids is 2. The van der Waals surface area contributed by atoms with Crippen LogP contribution >= 0.6 is 0 Å². The molecule has 0 saturated heterocycles. The molecule has 4 rings (SSSR count). The van der Waals surface area contributed by atoms with Crippen LogP contribution in [0.2, 0.25) is 0 Å². The van der Waals surface area contributed by atoms with Crippen molar-refractivity contribution in [1.29, 1.82) is 0 Å². The summed E-state index contributed by atoms with van der Waals surface area (Å²) in [6.45, 7) is 2.61. The van der Waals surface area contributed by atoms with E-state index in [0.29, 0.717) is 29.3 Å². The number of hydrogen-bond acceptors (Lipinski definition) is 4. The first kappa shape index (κ1) is 24.5. The van der Waals surface area contributed by atoms with E-state index in [0.717, 1.165) is 17.7 Å². The Morgan fingerprint density at radius 3 is 2.25 bits per heavy atom. The Morgan fingerprint density at radius 2 is 1.47 bits per heavy atom. The highest BCUT2D eigenvalue weighted by molar-refractivity contribution is 6.04. The Labute approximate surface area is 211 Å². The van der Waals surface area contributed by atoms with E-state index < -0.39 is 0 Å². The molecule has 6 heteroatoms. The van der Waals surface area contributed by atoms with Gasteiger partial charge in [0.05, 0.1) is 13.2 Å². The Bertz CT molecular complexity index is 1300. The summed E-state index contributed by atoms with van der Waals surface area (Å²) in [6.07, 6.45) is 0.815. The summed E-state index contributed by atoms with van der Waals surface area (Å²) in [4.78, 5) is 24.8. The Balaban J connectivity index is 1.22. The number of anilines is 3. The van der Waals surface area contributed by atoms with Crippen LogP contribution in [0.5, 0.6) is 5.75 Å². The first-order chi connectivity index (χ1) is 17.5. The SMILES string of the molecule is Cc1cccc(C(=O)Nc2ccc(NCC(=O)Nc3cccc(OCCc4ccccc4)c3)cc2)c1. The van der Waals surface area contributed by atoms with Crippen molar-refractivity contribution < 1.29 is 14.3 Å². The van der Waals surface area contributed by atoms with E-state index in [1.54, 1.807) is 18.2 Å². The van der Waals surface area contributed by atoms with Crippen LogP contribution in [-0.2, 0) is 11.2 Å². The molecule has 0 unspecified atom stereocenters. The van der Waals surface area contributed by atoms with Crippen molar-refractivity contribution in [2.75, 3.05) is 29.1 Å². The summed E-state index contributed by atoms with van der Waals surface area (Å²) in [5.74, 6) is 0.373. The van der Waals surface area contributed by atoms with Gasteiger partial charge in [0, 0.05) is 35.1 Å². The van der Waals surface area contributed by atoms with E-state index in [-0.39, 0.29) is 18.4 Å². The van der Waals surface area contributed by atoms with Crippen molar-refractivity contribution in [1.82, 2.24) is 0 Å². The second-order valence-corrected chi connectivity index (χ2v) is 8.41. The topological polar surface area (TPSA) is 79.5 Å². The van der Waals surface area contributed by atoms with Crippen molar-refractivity contribution in [3.05, 3.63) is 120 Å². The van der Waals surface area contributed by atoms with Crippen LogP contribution in [0, 0.1) is 6.92 Å².